The van der Waals surface area contributed by atoms with Gasteiger partial charge in [0.1, 0.15) is 36.6 Å². The molecule has 6 N–H and O–H groups in total. The number of methoxy groups -OCH3 is 1. The van der Waals surface area contributed by atoms with E-state index in [1.54, 1.807) is 13.8 Å². The van der Waals surface area contributed by atoms with Gasteiger partial charge in [-0.15, -0.1) is 0 Å². The monoisotopic (exact) mass is 326 g/mol. The fourth-order valence-corrected chi connectivity index (χ4v) is 2.34. The van der Waals surface area contributed by atoms with E-state index in [4.69, 9.17) is 19.3 Å². The van der Waals surface area contributed by atoms with E-state index < -0.39 is 61.7 Å². The third kappa shape index (κ3) is 4.13. The van der Waals surface area contributed by atoms with E-state index in [2.05, 4.69) is 0 Å². The summed E-state index contributed by atoms with van der Waals surface area (Å²) in [5.74, 6) is 0. The molecule has 0 aromatic carbocycles. The van der Waals surface area contributed by atoms with Gasteiger partial charge in [0.25, 0.3) is 0 Å². The standard InChI is InChI=1S/C13H26O9/c1-13(2)11(19)10(9(18)7(5-15)22-13)21-12(20-3)8(17)6(16)4-14/h6-12,14-19H,4-5H2,1-3H3/t6?,7?,8-,9-,10?,11?,12?/m1/s1. The molecule has 7 atom stereocenters. The number of aliphatic hydroxyl groups is 6. The van der Waals surface area contributed by atoms with Gasteiger partial charge in [0.05, 0.1) is 18.8 Å². The second-order valence-electron chi connectivity index (χ2n) is 5.82. The Kier molecular flexibility index (Phi) is 7.12. The van der Waals surface area contributed by atoms with E-state index in [0.717, 1.165) is 0 Å². The van der Waals surface area contributed by atoms with Gasteiger partial charge >= 0.3 is 0 Å². The van der Waals surface area contributed by atoms with E-state index in [0.29, 0.717) is 0 Å². The maximum absolute atomic E-state index is 10.3. The van der Waals surface area contributed by atoms with Crippen molar-refractivity contribution in [2.24, 2.45) is 0 Å². The Bertz CT molecular complexity index is 337. The first-order valence-corrected chi connectivity index (χ1v) is 6.99. The molecule has 0 aromatic rings. The minimum absolute atomic E-state index is 0.489. The molecule has 1 rings (SSSR count). The summed E-state index contributed by atoms with van der Waals surface area (Å²) in [5.41, 5.74) is -1.11. The minimum Gasteiger partial charge on any atom is -0.394 e. The molecule has 9 heteroatoms. The van der Waals surface area contributed by atoms with Gasteiger partial charge in [0, 0.05) is 7.11 Å². The Balaban J connectivity index is 2.90. The average Bonchev–Trinajstić information content (AvgIpc) is 2.50. The molecule has 0 bridgehead atoms. The zero-order valence-corrected chi connectivity index (χ0v) is 12.9. The summed E-state index contributed by atoms with van der Waals surface area (Å²) in [6.07, 6.45) is -9.36. The molecule has 1 fully saturated rings. The molecule has 0 aliphatic carbocycles. The van der Waals surface area contributed by atoms with E-state index in [1.165, 1.54) is 7.11 Å². The first kappa shape index (κ1) is 19.7. The van der Waals surface area contributed by atoms with E-state index in [1.807, 2.05) is 0 Å². The van der Waals surface area contributed by atoms with Crippen LogP contribution in [0.1, 0.15) is 13.8 Å². The van der Waals surface area contributed by atoms with Crippen LogP contribution in [-0.2, 0) is 14.2 Å². The number of rotatable bonds is 7. The van der Waals surface area contributed by atoms with Crippen LogP contribution in [0.15, 0.2) is 0 Å². The van der Waals surface area contributed by atoms with Crippen LogP contribution in [0, 0.1) is 0 Å². The first-order valence-electron chi connectivity index (χ1n) is 6.99. The highest BCUT2D eigenvalue weighted by Crippen LogP contribution is 2.32. The van der Waals surface area contributed by atoms with Gasteiger partial charge in [0.15, 0.2) is 6.29 Å². The number of ether oxygens (including phenoxy) is 3. The Morgan fingerprint density at radius 3 is 2.23 bits per heavy atom. The summed E-state index contributed by atoms with van der Waals surface area (Å²) in [6.45, 7) is 1.91. The molecule has 132 valence electrons. The lowest BCUT2D eigenvalue weighted by molar-refractivity contribution is -0.314. The Morgan fingerprint density at radius 1 is 1.18 bits per heavy atom. The summed E-state index contributed by atoms with van der Waals surface area (Å²) in [7, 11) is 1.20. The highest BCUT2D eigenvalue weighted by atomic mass is 16.7. The molecule has 0 amide bonds. The van der Waals surface area contributed by atoms with Gasteiger partial charge in [-0.05, 0) is 13.8 Å². The molecule has 0 aromatic heterocycles. The van der Waals surface area contributed by atoms with E-state index in [-0.39, 0.29) is 0 Å². The van der Waals surface area contributed by atoms with Crippen LogP contribution in [-0.4, -0.2) is 99.5 Å². The van der Waals surface area contributed by atoms with Gasteiger partial charge in [-0.25, -0.2) is 0 Å². The lowest BCUT2D eigenvalue weighted by Gasteiger charge is -2.47. The van der Waals surface area contributed by atoms with Crippen molar-refractivity contribution >= 4 is 0 Å². The predicted molar refractivity (Wildman–Crippen MR) is 72.8 cm³/mol. The van der Waals surface area contributed by atoms with E-state index >= 15 is 0 Å². The molecule has 9 nitrogen and oxygen atoms in total. The summed E-state index contributed by atoms with van der Waals surface area (Å²) >= 11 is 0. The topological polar surface area (TPSA) is 149 Å². The number of aliphatic hydroxyl groups excluding tert-OH is 6. The van der Waals surface area contributed by atoms with Crippen LogP contribution in [0.2, 0.25) is 0 Å². The Hall–Kier alpha value is -0.360. The van der Waals surface area contributed by atoms with Gasteiger partial charge in [-0.2, -0.15) is 0 Å². The largest absolute Gasteiger partial charge is 0.394 e. The summed E-state index contributed by atoms with van der Waals surface area (Å²) in [4.78, 5) is 0. The molecule has 0 saturated carbocycles. The maximum Gasteiger partial charge on any atom is 0.186 e. The third-order valence-corrected chi connectivity index (χ3v) is 3.76. The molecule has 0 radical (unpaired) electrons. The second kappa shape index (κ2) is 7.95. The highest BCUT2D eigenvalue weighted by molar-refractivity contribution is 4.98. The van der Waals surface area contributed by atoms with Crippen molar-refractivity contribution in [3.05, 3.63) is 0 Å². The van der Waals surface area contributed by atoms with Crippen molar-refractivity contribution in [3.63, 3.8) is 0 Å². The second-order valence-corrected chi connectivity index (χ2v) is 5.82. The normalized spacial score (nSPS) is 35.9. The van der Waals surface area contributed by atoms with Crippen LogP contribution in [0.25, 0.3) is 0 Å². The quantitative estimate of drug-likeness (QED) is 0.268. The van der Waals surface area contributed by atoms with Crippen molar-refractivity contribution in [2.75, 3.05) is 20.3 Å². The van der Waals surface area contributed by atoms with Crippen molar-refractivity contribution in [3.8, 4) is 0 Å². The summed E-state index contributed by atoms with van der Waals surface area (Å²) < 4.78 is 15.7. The molecule has 0 spiro atoms. The van der Waals surface area contributed by atoms with Crippen molar-refractivity contribution in [1.29, 1.82) is 0 Å². The van der Waals surface area contributed by atoms with Crippen molar-refractivity contribution in [1.82, 2.24) is 0 Å². The molecule has 1 saturated heterocycles. The fourth-order valence-electron chi connectivity index (χ4n) is 2.34. The minimum atomic E-state index is -1.59. The first-order chi connectivity index (χ1) is 10.2. The van der Waals surface area contributed by atoms with Crippen LogP contribution in [0.5, 0.6) is 0 Å². The molecule has 1 aliphatic heterocycles. The fraction of sp³-hybridized carbons (Fsp3) is 1.00. The molecule has 22 heavy (non-hydrogen) atoms. The maximum atomic E-state index is 10.3. The SMILES string of the molecule is COC(OC1C(O)C(C)(C)OC(CO)[C@H]1O)[C@H](O)C(O)CO. The lowest BCUT2D eigenvalue weighted by Crippen LogP contribution is -2.64. The Morgan fingerprint density at radius 2 is 1.77 bits per heavy atom. The molecular formula is C13H26O9. The van der Waals surface area contributed by atoms with Gasteiger partial charge < -0.3 is 44.8 Å². The zero-order chi connectivity index (χ0) is 17.1. The third-order valence-electron chi connectivity index (χ3n) is 3.76. The van der Waals surface area contributed by atoms with Crippen LogP contribution in [0.4, 0.5) is 0 Å². The summed E-state index contributed by atoms with van der Waals surface area (Å²) in [6, 6.07) is 0. The smallest absolute Gasteiger partial charge is 0.186 e. The predicted octanol–water partition coefficient (Wildman–Crippen LogP) is -3.05. The highest BCUT2D eigenvalue weighted by Gasteiger charge is 2.50. The van der Waals surface area contributed by atoms with Gasteiger partial charge in [-0.3, -0.25) is 0 Å². The average molecular weight is 326 g/mol. The number of hydrogen-bond acceptors (Lipinski definition) is 9. The molecular weight excluding hydrogens is 300 g/mol. The van der Waals surface area contributed by atoms with Crippen LogP contribution >= 0.6 is 0 Å². The Labute approximate surface area is 128 Å². The van der Waals surface area contributed by atoms with Crippen LogP contribution in [0.3, 0.4) is 0 Å². The van der Waals surface area contributed by atoms with Crippen molar-refractivity contribution in [2.45, 2.75) is 62.4 Å². The molecule has 1 heterocycles. The molecule has 1 aliphatic rings. The van der Waals surface area contributed by atoms with Crippen molar-refractivity contribution < 1.29 is 44.8 Å². The van der Waals surface area contributed by atoms with E-state index in [9.17, 15) is 25.5 Å². The van der Waals surface area contributed by atoms with Crippen LogP contribution < -0.4 is 0 Å². The zero-order valence-electron chi connectivity index (χ0n) is 12.9. The van der Waals surface area contributed by atoms with Gasteiger partial charge in [0.2, 0.25) is 0 Å². The van der Waals surface area contributed by atoms with Gasteiger partial charge in [-0.1, -0.05) is 0 Å². The number of hydrogen-bond donors (Lipinski definition) is 6. The summed E-state index contributed by atoms with van der Waals surface area (Å²) in [5, 5.41) is 57.8. The lowest BCUT2D eigenvalue weighted by atomic mass is 9.87. The molecule has 5 unspecified atom stereocenters.